The van der Waals surface area contributed by atoms with Crippen LogP contribution in [0.2, 0.25) is 0 Å². The number of amides is 3. The molecule has 0 aliphatic carbocycles. The summed E-state index contributed by atoms with van der Waals surface area (Å²) >= 11 is 0. The van der Waals surface area contributed by atoms with Crippen molar-refractivity contribution >= 4 is 17.7 Å². The molecule has 1 aliphatic rings. The van der Waals surface area contributed by atoms with E-state index in [4.69, 9.17) is 9.47 Å². The van der Waals surface area contributed by atoms with Crippen LogP contribution in [-0.2, 0) is 19.1 Å². The highest BCUT2D eigenvalue weighted by Crippen LogP contribution is 2.14. The SMILES string of the molecule is O=C(CCC(=O)N1CCOCC1)NNC(=O)COc1ccccc1F. The van der Waals surface area contributed by atoms with Gasteiger partial charge in [0.25, 0.3) is 5.91 Å². The van der Waals surface area contributed by atoms with Crippen molar-refractivity contribution in [3.05, 3.63) is 30.1 Å². The largest absolute Gasteiger partial charge is 0.481 e. The first kappa shape index (κ1) is 18.7. The van der Waals surface area contributed by atoms with Gasteiger partial charge < -0.3 is 14.4 Å². The predicted octanol–water partition coefficient (Wildman–Crippen LogP) is -0.00910. The van der Waals surface area contributed by atoms with Crippen molar-refractivity contribution in [1.29, 1.82) is 0 Å². The Kier molecular flexibility index (Phi) is 7.15. The number of benzene rings is 1. The molecule has 1 aliphatic heterocycles. The average Bonchev–Trinajstić information content (AvgIpc) is 2.64. The minimum absolute atomic E-state index is 0.0490. The zero-order chi connectivity index (χ0) is 18.1. The molecule has 8 nitrogen and oxygen atoms in total. The topological polar surface area (TPSA) is 97.0 Å². The fourth-order valence-corrected chi connectivity index (χ4v) is 2.13. The van der Waals surface area contributed by atoms with Gasteiger partial charge in [-0.3, -0.25) is 25.2 Å². The van der Waals surface area contributed by atoms with Gasteiger partial charge in [0.05, 0.1) is 13.2 Å². The van der Waals surface area contributed by atoms with Gasteiger partial charge in [0, 0.05) is 25.9 Å². The standard InChI is InChI=1S/C16H20FN3O5/c17-12-3-1-2-4-13(12)25-11-15(22)19-18-14(21)5-6-16(23)20-7-9-24-10-8-20/h1-4H,5-11H2,(H,18,21)(H,19,22). The summed E-state index contributed by atoms with van der Waals surface area (Å²) in [5.74, 6) is -1.91. The maximum atomic E-state index is 13.3. The van der Waals surface area contributed by atoms with Crippen LogP contribution in [-0.4, -0.2) is 55.5 Å². The number of hydrogen-bond donors (Lipinski definition) is 2. The Bertz CT molecular complexity index is 620. The molecule has 1 saturated heterocycles. The molecule has 0 bridgehead atoms. The third-order valence-electron chi connectivity index (χ3n) is 3.47. The number of para-hydroxylation sites is 1. The van der Waals surface area contributed by atoms with E-state index in [-0.39, 0.29) is 24.5 Å². The van der Waals surface area contributed by atoms with Gasteiger partial charge in [-0.15, -0.1) is 0 Å². The number of rotatable bonds is 6. The van der Waals surface area contributed by atoms with Crippen LogP contribution < -0.4 is 15.6 Å². The van der Waals surface area contributed by atoms with E-state index < -0.39 is 24.2 Å². The van der Waals surface area contributed by atoms with E-state index in [2.05, 4.69) is 10.9 Å². The fourth-order valence-electron chi connectivity index (χ4n) is 2.13. The highest BCUT2D eigenvalue weighted by molar-refractivity contribution is 5.86. The van der Waals surface area contributed by atoms with Crippen LogP contribution in [0.15, 0.2) is 24.3 Å². The average molecular weight is 353 g/mol. The Morgan fingerprint density at radius 1 is 1.08 bits per heavy atom. The normalized spacial score (nSPS) is 13.9. The summed E-state index contributed by atoms with van der Waals surface area (Å²) in [5.41, 5.74) is 4.33. The van der Waals surface area contributed by atoms with E-state index in [9.17, 15) is 18.8 Å². The second kappa shape index (κ2) is 9.58. The molecule has 25 heavy (non-hydrogen) atoms. The van der Waals surface area contributed by atoms with Crippen molar-refractivity contribution in [3.8, 4) is 5.75 Å². The van der Waals surface area contributed by atoms with Crippen LogP contribution in [0.3, 0.4) is 0 Å². The first-order chi connectivity index (χ1) is 12.1. The molecular weight excluding hydrogens is 333 g/mol. The Morgan fingerprint density at radius 3 is 2.48 bits per heavy atom. The molecule has 1 fully saturated rings. The van der Waals surface area contributed by atoms with Crippen molar-refractivity contribution in [2.75, 3.05) is 32.9 Å². The van der Waals surface area contributed by atoms with Gasteiger partial charge in [0.15, 0.2) is 18.2 Å². The molecule has 0 atom stereocenters. The first-order valence-electron chi connectivity index (χ1n) is 7.87. The van der Waals surface area contributed by atoms with Crippen LogP contribution in [0.4, 0.5) is 4.39 Å². The monoisotopic (exact) mass is 353 g/mol. The molecule has 0 unspecified atom stereocenters. The Morgan fingerprint density at radius 2 is 1.76 bits per heavy atom. The van der Waals surface area contributed by atoms with E-state index >= 15 is 0 Å². The van der Waals surface area contributed by atoms with Crippen LogP contribution in [0.1, 0.15) is 12.8 Å². The molecule has 2 N–H and O–H groups in total. The van der Waals surface area contributed by atoms with E-state index in [0.717, 1.165) is 0 Å². The highest BCUT2D eigenvalue weighted by atomic mass is 19.1. The summed E-state index contributed by atoms with van der Waals surface area (Å²) in [6.07, 6.45) is -0.00191. The Hall–Kier alpha value is -2.68. The van der Waals surface area contributed by atoms with E-state index in [1.165, 1.54) is 18.2 Å². The van der Waals surface area contributed by atoms with Crippen molar-refractivity contribution in [1.82, 2.24) is 15.8 Å². The predicted molar refractivity (Wildman–Crippen MR) is 84.8 cm³/mol. The van der Waals surface area contributed by atoms with Gasteiger partial charge in [-0.25, -0.2) is 4.39 Å². The zero-order valence-corrected chi connectivity index (χ0v) is 13.6. The third kappa shape index (κ3) is 6.38. The molecule has 0 aromatic heterocycles. The molecule has 0 saturated carbocycles. The van der Waals surface area contributed by atoms with Gasteiger partial charge in [-0.05, 0) is 12.1 Å². The number of nitrogens with one attached hydrogen (secondary N) is 2. The zero-order valence-electron chi connectivity index (χ0n) is 13.6. The lowest BCUT2D eigenvalue weighted by Crippen LogP contribution is -2.45. The summed E-state index contributed by atoms with van der Waals surface area (Å²) in [6.45, 7) is 1.58. The second-order valence-corrected chi connectivity index (χ2v) is 5.31. The highest BCUT2D eigenvalue weighted by Gasteiger charge is 2.17. The summed E-state index contributed by atoms with van der Waals surface area (Å²) in [7, 11) is 0. The summed E-state index contributed by atoms with van der Waals surface area (Å²) < 4.78 is 23.5. The van der Waals surface area contributed by atoms with Gasteiger partial charge in [-0.2, -0.15) is 0 Å². The number of hydrogen-bond acceptors (Lipinski definition) is 5. The van der Waals surface area contributed by atoms with Crippen molar-refractivity contribution < 1.29 is 28.2 Å². The summed E-state index contributed by atoms with van der Waals surface area (Å²) in [4.78, 5) is 36.7. The van der Waals surface area contributed by atoms with Crippen LogP contribution in [0.25, 0.3) is 0 Å². The lowest BCUT2D eigenvalue weighted by Gasteiger charge is -2.26. The number of morpholine rings is 1. The van der Waals surface area contributed by atoms with Crippen LogP contribution in [0.5, 0.6) is 5.75 Å². The second-order valence-electron chi connectivity index (χ2n) is 5.31. The summed E-state index contributed by atoms with van der Waals surface area (Å²) in [6, 6.07) is 5.67. The number of ether oxygens (including phenoxy) is 2. The van der Waals surface area contributed by atoms with Crippen molar-refractivity contribution in [2.45, 2.75) is 12.8 Å². The minimum atomic E-state index is -0.642. The molecular formula is C16H20FN3O5. The quantitative estimate of drug-likeness (QED) is 0.701. The first-order valence-corrected chi connectivity index (χ1v) is 7.87. The molecule has 9 heteroatoms. The maximum absolute atomic E-state index is 13.3. The molecule has 1 aromatic rings. The minimum Gasteiger partial charge on any atom is -0.481 e. The molecule has 1 aromatic carbocycles. The summed E-state index contributed by atoms with van der Waals surface area (Å²) in [5, 5.41) is 0. The van der Waals surface area contributed by atoms with Gasteiger partial charge in [0.1, 0.15) is 0 Å². The number of nitrogens with zero attached hydrogens (tertiary/aromatic N) is 1. The van der Waals surface area contributed by atoms with Crippen molar-refractivity contribution in [2.24, 2.45) is 0 Å². The molecule has 0 spiro atoms. The van der Waals surface area contributed by atoms with Gasteiger partial charge in [0.2, 0.25) is 11.8 Å². The van der Waals surface area contributed by atoms with Gasteiger partial charge in [-0.1, -0.05) is 12.1 Å². The van der Waals surface area contributed by atoms with Crippen LogP contribution in [0, 0.1) is 5.82 Å². The maximum Gasteiger partial charge on any atom is 0.276 e. The lowest BCUT2D eigenvalue weighted by molar-refractivity contribution is -0.137. The number of halogens is 1. The third-order valence-corrected chi connectivity index (χ3v) is 3.47. The van der Waals surface area contributed by atoms with Gasteiger partial charge >= 0.3 is 0 Å². The Labute approximate surface area is 144 Å². The molecule has 1 heterocycles. The lowest BCUT2D eigenvalue weighted by atomic mass is 10.2. The van der Waals surface area contributed by atoms with E-state index in [1.54, 1.807) is 11.0 Å². The molecule has 136 valence electrons. The number of carbonyl (C=O) groups excluding carboxylic acids is 3. The van der Waals surface area contributed by atoms with Crippen molar-refractivity contribution in [3.63, 3.8) is 0 Å². The van der Waals surface area contributed by atoms with E-state index in [0.29, 0.717) is 26.3 Å². The molecule has 3 amide bonds. The Balaban J connectivity index is 1.61. The van der Waals surface area contributed by atoms with E-state index in [1.807, 2.05) is 0 Å². The smallest absolute Gasteiger partial charge is 0.276 e. The fraction of sp³-hybridized carbons (Fsp3) is 0.438. The van der Waals surface area contributed by atoms with Crippen LogP contribution >= 0.6 is 0 Å². The molecule has 0 radical (unpaired) electrons. The number of carbonyl (C=O) groups is 3. The molecule has 2 rings (SSSR count). The number of hydrazine groups is 1.